The van der Waals surface area contributed by atoms with Gasteiger partial charge < -0.3 is 15.6 Å². The number of ketones is 1. The van der Waals surface area contributed by atoms with E-state index in [1.165, 1.54) is 6.92 Å². The van der Waals surface area contributed by atoms with Gasteiger partial charge in [0.2, 0.25) is 0 Å². The number of carboxylic acid groups (broad SMARTS) is 1. The monoisotopic (exact) mass is 293 g/mol. The highest BCUT2D eigenvalue weighted by atomic mass is 16.5. The van der Waals surface area contributed by atoms with E-state index >= 15 is 0 Å². The molecule has 6 heteroatoms. The summed E-state index contributed by atoms with van der Waals surface area (Å²) in [4.78, 5) is 35.4. The summed E-state index contributed by atoms with van der Waals surface area (Å²) in [6, 6.07) is 8.27. The normalized spacial score (nSPS) is 14.8. The second-order valence-corrected chi connectivity index (χ2v) is 4.79. The van der Waals surface area contributed by atoms with Crippen LogP contribution in [0.4, 0.5) is 0 Å². The van der Waals surface area contributed by atoms with Crippen LogP contribution < -0.4 is 5.73 Å². The van der Waals surface area contributed by atoms with Crippen molar-refractivity contribution in [3.8, 4) is 0 Å². The molecule has 0 radical (unpaired) electrons. The Morgan fingerprint density at radius 3 is 2.33 bits per heavy atom. The van der Waals surface area contributed by atoms with Crippen LogP contribution in [0.25, 0.3) is 0 Å². The van der Waals surface area contributed by atoms with E-state index in [0.717, 1.165) is 0 Å². The molecule has 0 saturated carbocycles. The summed E-state index contributed by atoms with van der Waals surface area (Å²) < 4.78 is 4.84. The fourth-order valence-corrected chi connectivity index (χ4v) is 1.88. The Morgan fingerprint density at radius 1 is 1.29 bits per heavy atom. The molecule has 1 aromatic rings. The zero-order chi connectivity index (χ0) is 16.0. The molecule has 1 aromatic carbocycles. The van der Waals surface area contributed by atoms with E-state index in [-0.39, 0.29) is 6.61 Å². The number of benzene rings is 1. The SMILES string of the molecule is CCOC(=O)C(N)(CC(=O)c1ccccc1)C(C)C(=O)O. The Hall–Kier alpha value is -2.21. The van der Waals surface area contributed by atoms with Gasteiger partial charge in [-0.3, -0.25) is 14.4 Å². The lowest BCUT2D eigenvalue weighted by molar-refractivity contribution is -0.158. The predicted molar refractivity (Wildman–Crippen MR) is 75.7 cm³/mol. The molecule has 114 valence electrons. The number of hydrogen-bond donors (Lipinski definition) is 2. The second-order valence-electron chi connectivity index (χ2n) is 4.79. The molecule has 0 bridgehead atoms. The summed E-state index contributed by atoms with van der Waals surface area (Å²) in [5.74, 6) is -3.79. The molecule has 0 aliphatic carbocycles. The predicted octanol–water partition coefficient (Wildman–Crippen LogP) is 1.24. The largest absolute Gasteiger partial charge is 0.481 e. The highest BCUT2D eigenvalue weighted by Crippen LogP contribution is 2.23. The quantitative estimate of drug-likeness (QED) is 0.578. The summed E-state index contributed by atoms with van der Waals surface area (Å²) >= 11 is 0. The summed E-state index contributed by atoms with van der Waals surface area (Å²) in [6.45, 7) is 2.93. The minimum absolute atomic E-state index is 0.0592. The number of aliphatic carboxylic acids is 1. The first-order chi connectivity index (χ1) is 9.82. The lowest BCUT2D eigenvalue weighted by Crippen LogP contribution is -2.57. The van der Waals surface area contributed by atoms with Crippen LogP contribution in [-0.4, -0.2) is 35.0 Å². The molecule has 0 amide bonds. The molecule has 0 aliphatic rings. The fourth-order valence-electron chi connectivity index (χ4n) is 1.88. The van der Waals surface area contributed by atoms with Gasteiger partial charge in [-0.15, -0.1) is 0 Å². The lowest BCUT2D eigenvalue weighted by Gasteiger charge is -2.30. The van der Waals surface area contributed by atoms with Crippen molar-refractivity contribution in [1.29, 1.82) is 0 Å². The summed E-state index contributed by atoms with van der Waals surface area (Å²) in [5.41, 5.74) is 4.41. The van der Waals surface area contributed by atoms with Crippen molar-refractivity contribution in [3.05, 3.63) is 35.9 Å². The highest BCUT2D eigenvalue weighted by Gasteiger charge is 2.46. The van der Waals surface area contributed by atoms with Crippen molar-refractivity contribution in [2.75, 3.05) is 6.61 Å². The summed E-state index contributed by atoms with van der Waals surface area (Å²) in [7, 11) is 0. The van der Waals surface area contributed by atoms with Crippen LogP contribution in [0, 0.1) is 5.92 Å². The molecule has 3 N–H and O–H groups in total. The number of rotatable bonds is 7. The first-order valence-corrected chi connectivity index (χ1v) is 6.60. The van der Waals surface area contributed by atoms with Gasteiger partial charge in [0.05, 0.1) is 12.5 Å². The molecule has 2 atom stereocenters. The van der Waals surface area contributed by atoms with Gasteiger partial charge in [0.25, 0.3) is 0 Å². The van der Waals surface area contributed by atoms with Gasteiger partial charge in [0.1, 0.15) is 5.54 Å². The van der Waals surface area contributed by atoms with Crippen LogP contribution in [-0.2, 0) is 14.3 Å². The molecule has 0 heterocycles. The number of nitrogens with two attached hydrogens (primary N) is 1. The maximum absolute atomic E-state index is 12.2. The highest BCUT2D eigenvalue weighted by molar-refractivity contribution is 6.01. The number of carbonyl (C=O) groups is 3. The Bertz CT molecular complexity index is 528. The van der Waals surface area contributed by atoms with Gasteiger partial charge in [0.15, 0.2) is 5.78 Å². The maximum Gasteiger partial charge on any atom is 0.327 e. The van der Waals surface area contributed by atoms with Gasteiger partial charge in [-0.05, 0) is 13.8 Å². The van der Waals surface area contributed by atoms with Crippen LogP contribution in [0.3, 0.4) is 0 Å². The van der Waals surface area contributed by atoms with Crippen LogP contribution in [0.1, 0.15) is 30.6 Å². The molecular formula is C15H19NO5. The summed E-state index contributed by atoms with van der Waals surface area (Å²) in [6.07, 6.45) is -0.427. The van der Waals surface area contributed by atoms with E-state index in [1.54, 1.807) is 37.3 Å². The zero-order valence-corrected chi connectivity index (χ0v) is 12.0. The Labute approximate surface area is 122 Å². The Balaban J connectivity index is 3.05. The van der Waals surface area contributed by atoms with Gasteiger partial charge in [-0.25, -0.2) is 0 Å². The van der Waals surface area contributed by atoms with E-state index in [0.29, 0.717) is 5.56 Å². The molecule has 6 nitrogen and oxygen atoms in total. The molecule has 0 aromatic heterocycles. The van der Waals surface area contributed by atoms with E-state index < -0.39 is 35.6 Å². The van der Waals surface area contributed by atoms with Crippen molar-refractivity contribution in [2.45, 2.75) is 25.8 Å². The minimum Gasteiger partial charge on any atom is -0.481 e. The van der Waals surface area contributed by atoms with Gasteiger partial charge in [-0.2, -0.15) is 0 Å². The van der Waals surface area contributed by atoms with Crippen LogP contribution >= 0.6 is 0 Å². The van der Waals surface area contributed by atoms with Crippen LogP contribution in [0.15, 0.2) is 30.3 Å². The Morgan fingerprint density at radius 2 is 1.86 bits per heavy atom. The third kappa shape index (κ3) is 3.88. The number of carbonyl (C=O) groups excluding carboxylic acids is 2. The number of ether oxygens (including phenoxy) is 1. The van der Waals surface area contributed by atoms with Crippen molar-refractivity contribution in [1.82, 2.24) is 0 Å². The fraction of sp³-hybridized carbons (Fsp3) is 0.400. The van der Waals surface area contributed by atoms with Crippen LogP contribution in [0.2, 0.25) is 0 Å². The van der Waals surface area contributed by atoms with E-state index in [1.807, 2.05) is 0 Å². The third-order valence-electron chi connectivity index (χ3n) is 3.35. The first-order valence-electron chi connectivity index (χ1n) is 6.60. The maximum atomic E-state index is 12.2. The van der Waals surface area contributed by atoms with E-state index in [2.05, 4.69) is 0 Å². The molecule has 0 spiro atoms. The molecule has 1 rings (SSSR count). The Kier molecular flexibility index (Phi) is 5.60. The third-order valence-corrected chi connectivity index (χ3v) is 3.35. The van der Waals surface area contributed by atoms with Crippen molar-refractivity contribution >= 4 is 17.7 Å². The second kappa shape index (κ2) is 6.99. The number of esters is 1. The topological polar surface area (TPSA) is 107 Å². The average Bonchev–Trinajstić information content (AvgIpc) is 2.47. The van der Waals surface area contributed by atoms with Gasteiger partial charge in [-0.1, -0.05) is 30.3 Å². The molecule has 0 saturated heterocycles. The molecular weight excluding hydrogens is 274 g/mol. The van der Waals surface area contributed by atoms with Crippen molar-refractivity contribution in [2.24, 2.45) is 11.7 Å². The molecule has 0 fully saturated rings. The van der Waals surface area contributed by atoms with Crippen molar-refractivity contribution in [3.63, 3.8) is 0 Å². The van der Waals surface area contributed by atoms with Crippen LogP contribution in [0.5, 0.6) is 0 Å². The molecule has 21 heavy (non-hydrogen) atoms. The number of Topliss-reactive ketones (excluding diaryl/α,β-unsaturated/α-hetero) is 1. The molecule has 2 unspecified atom stereocenters. The smallest absolute Gasteiger partial charge is 0.327 e. The van der Waals surface area contributed by atoms with Gasteiger partial charge >= 0.3 is 11.9 Å². The average molecular weight is 293 g/mol. The van der Waals surface area contributed by atoms with Gasteiger partial charge in [0, 0.05) is 12.0 Å². The standard InChI is InChI=1S/C15H19NO5/c1-3-21-14(20)15(16,10(2)13(18)19)9-12(17)11-7-5-4-6-8-11/h4-8,10H,3,9,16H2,1-2H3,(H,18,19). The first kappa shape index (κ1) is 16.8. The summed E-state index contributed by atoms with van der Waals surface area (Å²) in [5, 5.41) is 9.12. The minimum atomic E-state index is -1.89. The van der Waals surface area contributed by atoms with E-state index in [9.17, 15) is 14.4 Å². The van der Waals surface area contributed by atoms with Crippen molar-refractivity contribution < 1.29 is 24.2 Å². The number of hydrogen-bond acceptors (Lipinski definition) is 5. The van der Waals surface area contributed by atoms with E-state index in [4.69, 9.17) is 15.6 Å². The zero-order valence-electron chi connectivity index (χ0n) is 12.0. The lowest BCUT2D eigenvalue weighted by atomic mass is 9.80. The molecule has 0 aliphatic heterocycles. The number of carboxylic acids is 1.